The van der Waals surface area contributed by atoms with Crippen molar-refractivity contribution in [2.45, 2.75) is 43.6 Å². The van der Waals surface area contributed by atoms with Crippen LogP contribution >= 0.6 is 22.7 Å². The van der Waals surface area contributed by atoms with Gasteiger partial charge >= 0.3 is 0 Å². The first-order chi connectivity index (χ1) is 9.88. The van der Waals surface area contributed by atoms with Gasteiger partial charge in [0.1, 0.15) is 4.21 Å². The Morgan fingerprint density at radius 1 is 1.24 bits per heavy atom. The van der Waals surface area contributed by atoms with Crippen LogP contribution in [0, 0.1) is 0 Å². The standard InChI is InChI=1S/C14H20N2O2S3/c1-10(2)15-8-12-7-14(20-9-12)21(17,18)16-11(3)13-5-4-6-19-13/h4-7,9-11,15-16H,8H2,1-3H3. The summed E-state index contributed by atoms with van der Waals surface area (Å²) in [5, 5.41) is 7.12. The summed E-state index contributed by atoms with van der Waals surface area (Å²) in [6, 6.07) is 5.76. The van der Waals surface area contributed by atoms with Crippen LogP contribution in [0.15, 0.2) is 33.2 Å². The van der Waals surface area contributed by atoms with Gasteiger partial charge in [-0.25, -0.2) is 13.1 Å². The number of rotatable bonds is 7. The van der Waals surface area contributed by atoms with E-state index in [0.29, 0.717) is 16.8 Å². The molecule has 0 aromatic carbocycles. The summed E-state index contributed by atoms with van der Waals surface area (Å²) in [7, 11) is -3.46. The van der Waals surface area contributed by atoms with Gasteiger partial charge in [0.2, 0.25) is 0 Å². The van der Waals surface area contributed by atoms with Crippen molar-refractivity contribution in [3.63, 3.8) is 0 Å². The predicted molar refractivity (Wildman–Crippen MR) is 89.4 cm³/mol. The van der Waals surface area contributed by atoms with E-state index in [0.717, 1.165) is 10.4 Å². The summed E-state index contributed by atoms with van der Waals surface area (Å²) in [4.78, 5) is 1.01. The van der Waals surface area contributed by atoms with E-state index in [1.54, 1.807) is 17.4 Å². The second kappa shape index (κ2) is 7.02. The van der Waals surface area contributed by atoms with Crippen LogP contribution in [0.1, 0.15) is 37.3 Å². The third kappa shape index (κ3) is 4.62. The summed E-state index contributed by atoms with van der Waals surface area (Å²) >= 11 is 2.81. The van der Waals surface area contributed by atoms with Crippen LogP contribution in [-0.2, 0) is 16.6 Å². The average molecular weight is 345 g/mol. The van der Waals surface area contributed by atoms with E-state index >= 15 is 0 Å². The van der Waals surface area contributed by atoms with Crippen molar-refractivity contribution in [2.75, 3.05) is 0 Å². The summed E-state index contributed by atoms with van der Waals surface area (Å²) in [5.41, 5.74) is 0.998. The highest BCUT2D eigenvalue weighted by molar-refractivity contribution is 7.91. The quantitative estimate of drug-likeness (QED) is 0.810. The molecule has 0 saturated heterocycles. The second-order valence-electron chi connectivity index (χ2n) is 5.17. The van der Waals surface area contributed by atoms with E-state index in [1.165, 1.54) is 11.3 Å². The van der Waals surface area contributed by atoms with E-state index < -0.39 is 10.0 Å². The molecule has 2 aromatic rings. The Morgan fingerprint density at radius 3 is 2.62 bits per heavy atom. The molecule has 1 atom stereocenters. The molecule has 0 bridgehead atoms. The predicted octanol–water partition coefficient (Wildman–Crippen LogP) is 3.35. The van der Waals surface area contributed by atoms with Crippen LogP contribution in [0.2, 0.25) is 0 Å². The molecule has 0 aliphatic heterocycles. The van der Waals surface area contributed by atoms with Gasteiger partial charge in [-0.15, -0.1) is 22.7 Å². The summed E-state index contributed by atoms with van der Waals surface area (Å²) < 4.78 is 27.8. The van der Waals surface area contributed by atoms with Gasteiger partial charge < -0.3 is 5.32 Å². The van der Waals surface area contributed by atoms with Crippen LogP contribution in [0.3, 0.4) is 0 Å². The molecule has 0 aliphatic rings. The van der Waals surface area contributed by atoms with E-state index in [1.807, 2.05) is 29.8 Å². The lowest BCUT2D eigenvalue weighted by molar-refractivity contribution is 0.570. The van der Waals surface area contributed by atoms with Crippen LogP contribution in [0.25, 0.3) is 0 Å². The Morgan fingerprint density at radius 2 is 2.00 bits per heavy atom. The number of hydrogen-bond donors (Lipinski definition) is 2. The van der Waals surface area contributed by atoms with Crippen LogP contribution in [0.4, 0.5) is 0 Å². The van der Waals surface area contributed by atoms with Gasteiger partial charge in [-0.3, -0.25) is 0 Å². The van der Waals surface area contributed by atoms with E-state index in [4.69, 9.17) is 0 Å². The van der Waals surface area contributed by atoms with E-state index in [-0.39, 0.29) is 6.04 Å². The molecule has 7 heteroatoms. The first-order valence-electron chi connectivity index (χ1n) is 6.75. The minimum atomic E-state index is -3.46. The number of hydrogen-bond acceptors (Lipinski definition) is 5. The molecule has 0 spiro atoms. The van der Waals surface area contributed by atoms with Gasteiger partial charge in [0.15, 0.2) is 0 Å². The maximum absolute atomic E-state index is 12.4. The minimum absolute atomic E-state index is 0.214. The van der Waals surface area contributed by atoms with Crippen molar-refractivity contribution in [3.05, 3.63) is 39.4 Å². The molecule has 0 saturated carbocycles. The molecule has 4 nitrogen and oxygen atoms in total. The van der Waals surface area contributed by atoms with Gasteiger partial charge in [-0.2, -0.15) is 0 Å². The molecular weight excluding hydrogens is 324 g/mol. The Kier molecular flexibility index (Phi) is 5.56. The topological polar surface area (TPSA) is 58.2 Å². The molecule has 21 heavy (non-hydrogen) atoms. The van der Waals surface area contributed by atoms with Crippen LogP contribution in [-0.4, -0.2) is 14.5 Å². The lowest BCUT2D eigenvalue weighted by atomic mass is 10.3. The molecule has 0 aliphatic carbocycles. The van der Waals surface area contributed by atoms with Crippen molar-refractivity contribution in [1.82, 2.24) is 10.0 Å². The first kappa shape index (κ1) is 16.6. The number of thiophene rings is 2. The summed E-state index contributed by atoms with van der Waals surface area (Å²) in [6.07, 6.45) is 0. The number of nitrogens with one attached hydrogen (secondary N) is 2. The van der Waals surface area contributed by atoms with Gasteiger partial charge in [0.05, 0.1) is 6.04 Å². The first-order valence-corrected chi connectivity index (χ1v) is 9.99. The zero-order valence-electron chi connectivity index (χ0n) is 12.3. The number of sulfonamides is 1. The molecule has 0 radical (unpaired) electrons. The van der Waals surface area contributed by atoms with Gasteiger partial charge in [-0.1, -0.05) is 19.9 Å². The lowest BCUT2D eigenvalue weighted by Crippen LogP contribution is -2.25. The fourth-order valence-corrected chi connectivity index (χ4v) is 5.05. The lowest BCUT2D eigenvalue weighted by Gasteiger charge is -2.11. The SMILES string of the molecule is CC(C)NCc1csc(S(=O)(=O)NC(C)c2cccs2)c1. The van der Waals surface area contributed by atoms with Crippen molar-refractivity contribution in [2.24, 2.45) is 0 Å². The van der Waals surface area contributed by atoms with Crippen molar-refractivity contribution in [1.29, 1.82) is 0 Å². The molecule has 2 aromatic heterocycles. The zero-order chi connectivity index (χ0) is 15.5. The highest BCUT2D eigenvalue weighted by atomic mass is 32.2. The van der Waals surface area contributed by atoms with Crippen molar-refractivity contribution < 1.29 is 8.42 Å². The third-order valence-electron chi connectivity index (χ3n) is 2.91. The molecule has 2 heterocycles. The van der Waals surface area contributed by atoms with Gasteiger partial charge in [-0.05, 0) is 35.4 Å². The molecule has 2 N–H and O–H groups in total. The smallest absolute Gasteiger partial charge is 0.250 e. The molecule has 2 rings (SSSR count). The Hall–Kier alpha value is -0.730. The van der Waals surface area contributed by atoms with E-state index in [2.05, 4.69) is 23.9 Å². The molecule has 0 fully saturated rings. The highest BCUT2D eigenvalue weighted by Crippen LogP contribution is 2.24. The highest BCUT2D eigenvalue weighted by Gasteiger charge is 2.20. The maximum Gasteiger partial charge on any atom is 0.250 e. The maximum atomic E-state index is 12.4. The van der Waals surface area contributed by atoms with Gasteiger partial charge in [0.25, 0.3) is 10.0 Å². The van der Waals surface area contributed by atoms with E-state index in [9.17, 15) is 8.42 Å². The molecule has 116 valence electrons. The average Bonchev–Trinajstić information content (AvgIpc) is 3.07. The monoisotopic (exact) mass is 344 g/mol. The fraction of sp³-hybridized carbons (Fsp3) is 0.429. The fourth-order valence-electron chi connectivity index (χ4n) is 1.80. The molecular formula is C14H20N2O2S3. The third-order valence-corrected chi connectivity index (χ3v) is 7.00. The second-order valence-corrected chi connectivity index (χ2v) is 9.00. The molecule has 0 amide bonds. The van der Waals surface area contributed by atoms with Crippen molar-refractivity contribution in [3.8, 4) is 0 Å². The Bertz CT molecular complexity index is 660. The van der Waals surface area contributed by atoms with Crippen LogP contribution < -0.4 is 10.0 Å². The molecule has 1 unspecified atom stereocenters. The van der Waals surface area contributed by atoms with Crippen LogP contribution in [0.5, 0.6) is 0 Å². The summed E-state index contributed by atoms with van der Waals surface area (Å²) in [5.74, 6) is 0. The van der Waals surface area contributed by atoms with Gasteiger partial charge in [0, 0.05) is 17.5 Å². The summed E-state index contributed by atoms with van der Waals surface area (Å²) in [6.45, 7) is 6.67. The Balaban J connectivity index is 2.05. The normalized spacial score (nSPS) is 13.7. The largest absolute Gasteiger partial charge is 0.310 e. The van der Waals surface area contributed by atoms with Crippen molar-refractivity contribution >= 4 is 32.7 Å². The zero-order valence-corrected chi connectivity index (χ0v) is 14.7. The Labute approximate surface area is 134 Å². The minimum Gasteiger partial charge on any atom is -0.310 e.